The molecule has 34 heavy (non-hydrogen) atoms. The maximum Gasteiger partial charge on any atom is 0.240 e. The summed E-state index contributed by atoms with van der Waals surface area (Å²) < 4.78 is 12.2. The van der Waals surface area contributed by atoms with Gasteiger partial charge in [-0.15, -0.1) is 0 Å². The summed E-state index contributed by atoms with van der Waals surface area (Å²) in [7, 11) is 1.61. The molecule has 1 amide bonds. The highest BCUT2D eigenvalue weighted by molar-refractivity contribution is 7.23. The van der Waals surface area contributed by atoms with Crippen LogP contribution >= 0.6 is 22.9 Å². The number of amides is 1. The Kier molecular flexibility index (Phi) is 6.81. The van der Waals surface area contributed by atoms with E-state index in [9.17, 15) is 4.79 Å². The molecule has 4 aromatic rings. The number of carbonyl (C=O) groups is 1. The van der Waals surface area contributed by atoms with Crippen molar-refractivity contribution in [2.24, 2.45) is 0 Å². The van der Waals surface area contributed by atoms with E-state index in [2.05, 4.69) is 0 Å². The summed E-state index contributed by atoms with van der Waals surface area (Å²) >= 11 is 7.90. The van der Waals surface area contributed by atoms with Gasteiger partial charge in [0, 0.05) is 6.61 Å². The van der Waals surface area contributed by atoms with Crippen molar-refractivity contribution in [2.45, 2.75) is 24.9 Å². The minimum Gasteiger partial charge on any atom is -0.494 e. The fourth-order valence-corrected chi connectivity index (χ4v) is 5.67. The molecule has 0 N–H and O–H groups in total. The van der Waals surface area contributed by atoms with Crippen LogP contribution < -0.4 is 9.64 Å². The quantitative estimate of drug-likeness (QED) is 0.303. The first-order valence-electron chi connectivity index (χ1n) is 11.3. The normalized spacial score (nSPS) is 15.7. The number of aromatic nitrogens is 1. The van der Waals surface area contributed by atoms with Gasteiger partial charge in [-0.1, -0.05) is 83.6 Å². The average molecular weight is 493 g/mol. The van der Waals surface area contributed by atoms with E-state index in [4.69, 9.17) is 26.1 Å². The second-order valence-corrected chi connectivity index (χ2v) is 9.65. The molecular formula is C27H25ClN2O3S. The van der Waals surface area contributed by atoms with Crippen LogP contribution in [-0.2, 0) is 9.53 Å². The number of methoxy groups -OCH3 is 1. The first-order valence-corrected chi connectivity index (χ1v) is 12.5. The lowest BCUT2D eigenvalue weighted by molar-refractivity contribution is -0.119. The highest BCUT2D eigenvalue weighted by Crippen LogP contribution is 2.40. The van der Waals surface area contributed by atoms with Crippen molar-refractivity contribution in [1.29, 1.82) is 0 Å². The van der Waals surface area contributed by atoms with Gasteiger partial charge < -0.3 is 9.47 Å². The number of rotatable bonds is 7. The van der Waals surface area contributed by atoms with Crippen molar-refractivity contribution < 1.29 is 14.3 Å². The first-order chi connectivity index (χ1) is 16.7. The van der Waals surface area contributed by atoms with E-state index in [1.165, 1.54) is 11.3 Å². The van der Waals surface area contributed by atoms with Crippen LogP contribution in [0.2, 0.25) is 5.02 Å². The molecule has 0 radical (unpaired) electrons. The van der Waals surface area contributed by atoms with Crippen molar-refractivity contribution in [2.75, 3.05) is 25.2 Å². The molecule has 0 aliphatic carbocycles. The number of anilines is 1. The van der Waals surface area contributed by atoms with Crippen LogP contribution in [0.25, 0.3) is 10.2 Å². The van der Waals surface area contributed by atoms with E-state index < -0.39 is 5.92 Å². The lowest BCUT2D eigenvalue weighted by Gasteiger charge is -2.28. The molecule has 7 heteroatoms. The number of nitrogens with zero attached hydrogens (tertiary/aromatic N) is 2. The number of hydrogen-bond donors (Lipinski definition) is 0. The fraction of sp³-hybridized carbons (Fsp3) is 0.259. The van der Waals surface area contributed by atoms with E-state index in [-0.39, 0.29) is 12.0 Å². The summed E-state index contributed by atoms with van der Waals surface area (Å²) in [6.45, 7) is 1.15. The maximum absolute atomic E-state index is 14.3. The number of hydrogen-bond acceptors (Lipinski definition) is 5. The molecule has 5 nitrogen and oxygen atoms in total. The Labute approximate surface area is 207 Å². The van der Waals surface area contributed by atoms with Crippen molar-refractivity contribution >= 4 is 44.2 Å². The molecule has 1 aliphatic heterocycles. The Hall–Kier alpha value is -2.93. The molecule has 0 spiro atoms. The Balaban J connectivity index is 1.62. The lowest BCUT2D eigenvalue weighted by Crippen LogP contribution is -2.40. The van der Waals surface area contributed by atoms with Gasteiger partial charge in [-0.3, -0.25) is 9.69 Å². The molecule has 1 fully saturated rings. The van der Waals surface area contributed by atoms with Gasteiger partial charge in [-0.05, 0) is 36.1 Å². The van der Waals surface area contributed by atoms with E-state index in [1.54, 1.807) is 24.1 Å². The first kappa shape index (κ1) is 22.8. The second kappa shape index (κ2) is 10.1. The molecule has 1 saturated heterocycles. The predicted octanol–water partition coefficient (Wildman–Crippen LogP) is 6.30. The number of thiazole rings is 1. The molecule has 5 rings (SSSR count). The summed E-state index contributed by atoms with van der Waals surface area (Å²) in [5, 5.41) is 1.19. The molecule has 1 atom stereocenters. The van der Waals surface area contributed by atoms with Crippen LogP contribution in [-0.4, -0.2) is 37.3 Å². The summed E-state index contributed by atoms with van der Waals surface area (Å²) in [5.41, 5.74) is 2.54. The Bertz CT molecular complexity index is 1230. The average Bonchev–Trinajstić information content (AvgIpc) is 3.55. The highest BCUT2D eigenvalue weighted by Gasteiger charge is 2.33. The SMILES string of the molecule is COc1ccc(Cl)c2sc(N(CC3CCCO3)C(=O)C(c3ccccc3)c3ccccc3)nc12. The zero-order valence-corrected chi connectivity index (χ0v) is 20.4. The van der Waals surface area contributed by atoms with Crippen molar-refractivity contribution in [3.8, 4) is 5.75 Å². The molecule has 3 aromatic carbocycles. The van der Waals surface area contributed by atoms with Gasteiger partial charge >= 0.3 is 0 Å². The van der Waals surface area contributed by atoms with Gasteiger partial charge in [0.15, 0.2) is 5.13 Å². The summed E-state index contributed by atoms with van der Waals surface area (Å²) in [6.07, 6.45) is 1.88. The molecule has 1 aromatic heterocycles. The fourth-order valence-electron chi connectivity index (χ4n) is 4.40. The van der Waals surface area contributed by atoms with Crippen LogP contribution in [0, 0.1) is 0 Å². The zero-order valence-electron chi connectivity index (χ0n) is 18.8. The van der Waals surface area contributed by atoms with Crippen LogP contribution in [0.5, 0.6) is 5.75 Å². The summed E-state index contributed by atoms with van der Waals surface area (Å²) in [5.74, 6) is 0.129. The molecule has 1 aliphatic rings. The van der Waals surface area contributed by atoms with Crippen LogP contribution in [0.4, 0.5) is 5.13 Å². The third-order valence-corrected chi connectivity index (χ3v) is 7.63. The minimum absolute atomic E-state index is 0.0273. The number of ether oxygens (including phenoxy) is 2. The standard InChI is InChI=1S/C27H25ClN2O3S/c1-32-22-15-14-21(28)25-24(22)29-27(34-25)30(17-20-13-8-16-33-20)26(31)23(18-9-4-2-5-10-18)19-11-6-3-7-12-19/h2-7,9-12,14-15,20,23H,8,13,16-17H2,1H3. The molecule has 2 heterocycles. The van der Waals surface area contributed by atoms with Crippen molar-refractivity contribution in [3.05, 3.63) is 88.9 Å². The molecular weight excluding hydrogens is 468 g/mol. The van der Waals surface area contributed by atoms with Crippen molar-refractivity contribution in [3.63, 3.8) is 0 Å². The topological polar surface area (TPSA) is 51.7 Å². The van der Waals surface area contributed by atoms with Gasteiger partial charge in [0.2, 0.25) is 5.91 Å². The second-order valence-electron chi connectivity index (χ2n) is 8.26. The Morgan fingerprint density at radius 3 is 2.38 bits per heavy atom. The van der Waals surface area contributed by atoms with Gasteiger partial charge in [-0.25, -0.2) is 4.98 Å². The lowest BCUT2D eigenvalue weighted by atomic mass is 9.90. The van der Waals surface area contributed by atoms with E-state index in [0.29, 0.717) is 34.6 Å². The zero-order chi connectivity index (χ0) is 23.5. The Morgan fingerprint density at radius 2 is 1.79 bits per heavy atom. The third kappa shape index (κ3) is 4.53. The molecule has 174 valence electrons. The molecule has 0 saturated carbocycles. The van der Waals surface area contributed by atoms with Crippen molar-refractivity contribution in [1.82, 2.24) is 4.98 Å². The number of halogens is 1. The van der Waals surface area contributed by atoms with Crippen LogP contribution in [0.3, 0.4) is 0 Å². The number of fused-ring (bicyclic) bond motifs is 1. The van der Waals surface area contributed by atoms with Gasteiger partial charge in [0.1, 0.15) is 11.3 Å². The largest absolute Gasteiger partial charge is 0.494 e. The predicted molar refractivity (Wildman–Crippen MR) is 137 cm³/mol. The third-order valence-electron chi connectivity index (χ3n) is 6.09. The van der Waals surface area contributed by atoms with Gasteiger partial charge in [-0.2, -0.15) is 0 Å². The van der Waals surface area contributed by atoms with E-state index >= 15 is 0 Å². The number of carbonyl (C=O) groups excluding carboxylic acids is 1. The Morgan fingerprint density at radius 1 is 1.12 bits per heavy atom. The number of benzene rings is 3. The minimum atomic E-state index is -0.465. The molecule has 1 unspecified atom stereocenters. The monoisotopic (exact) mass is 492 g/mol. The smallest absolute Gasteiger partial charge is 0.240 e. The highest BCUT2D eigenvalue weighted by atomic mass is 35.5. The van der Waals surface area contributed by atoms with Gasteiger partial charge in [0.05, 0.1) is 35.4 Å². The summed E-state index contributed by atoms with van der Waals surface area (Å²) in [6, 6.07) is 23.4. The van der Waals surface area contributed by atoms with Gasteiger partial charge in [0.25, 0.3) is 0 Å². The maximum atomic E-state index is 14.3. The van der Waals surface area contributed by atoms with Crippen LogP contribution in [0.15, 0.2) is 72.8 Å². The van der Waals surface area contributed by atoms with E-state index in [1.807, 2.05) is 60.7 Å². The summed E-state index contributed by atoms with van der Waals surface area (Å²) in [4.78, 5) is 20.9. The van der Waals surface area contributed by atoms with E-state index in [0.717, 1.165) is 28.7 Å². The van der Waals surface area contributed by atoms with Crippen LogP contribution in [0.1, 0.15) is 29.9 Å². The molecule has 0 bridgehead atoms.